The minimum Gasteiger partial charge on any atom is -0.507 e. The molecule has 0 saturated heterocycles. The summed E-state index contributed by atoms with van der Waals surface area (Å²) in [5.41, 5.74) is 10.1. The second-order valence-corrected chi connectivity index (χ2v) is 17.4. The summed E-state index contributed by atoms with van der Waals surface area (Å²) in [5.74, 6) is 0.317. The van der Waals surface area contributed by atoms with Crippen molar-refractivity contribution in [1.29, 1.82) is 0 Å². The van der Waals surface area contributed by atoms with E-state index in [1.807, 2.05) is 59.2 Å². The van der Waals surface area contributed by atoms with Gasteiger partial charge in [0.25, 0.3) is 0 Å². The van der Waals surface area contributed by atoms with Crippen LogP contribution in [0.25, 0.3) is 83.9 Å². The number of aromatic hydroxyl groups is 1. The molecule has 7 aromatic carbocycles. The molecule has 0 amide bonds. The molecule has 1 N–H and O–H groups in total. The molecule has 9 aromatic rings. The molecule has 310 valence electrons. The third-order valence-corrected chi connectivity index (χ3v) is 11.2. The Labute approximate surface area is 391 Å². The van der Waals surface area contributed by atoms with Crippen LogP contribution in [0, 0.1) is 12.9 Å². The van der Waals surface area contributed by atoms with Crippen molar-refractivity contribution in [2.45, 2.75) is 59.2 Å². The molecule has 0 radical (unpaired) electrons. The van der Waals surface area contributed by atoms with Gasteiger partial charge in [0, 0.05) is 37.1 Å². The van der Waals surface area contributed by atoms with Crippen LogP contribution in [-0.2, 0) is 31.9 Å². The molecule has 0 bridgehead atoms. The number of fused-ring (bicyclic) bond motifs is 1. The maximum absolute atomic E-state index is 11.5. The largest absolute Gasteiger partial charge is 0.507 e. The van der Waals surface area contributed by atoms with Gasteiger partial charge in [-0.15, -0.1) is 29.3 Å². The number of para-hydroxylation sites is 2. The topological polar surface area (TPSA) is 50.9 Å². The van der Waals surface area contributed by atoms with Crippen molar-refractivity contribution in [3.8, 4) is 78.6 Å². The molecule has 2 aromatic heterocycles. The Morgan fingerprint density at radius 3 is 2.08 bits per heavy atom. The quantitative estimate of drug-likeness (QED) is 0.162. The Balaban J connectivity index is 0.00000659. The molecule has 0 aliphatic carbocycles. The normalized spacial score (nSPS) is 13.8. The van der Waals surface area contributed by atoms with Crippen LogP contribution in [0.4, 0.5) is 0 Å². The summed E-state index contributed by atoms with van der Waals surface area (Å²) in [4.78, 5) is 9.98. The summed E-state index contributed by atoms with van der Waals surface area (Å²) in [5, 5.41) is 11.5. The number of phenolic OH excluding ortho intramolecular Hbond substituents is 1. The SMILES string of the molecule is [2H]c1c([2H])c([2H])c(-c2ccnc(-c3[c-]c(-c4cccc5c4nc(-c4ccccc4O)n5-c4ccc(-c5c(-c6ccccc6)cccc5C(C)(C)C)cc4C([2H])([2H])[2H])cc(C(C)(C)C)c3)c2)c([2H])c1[2H].[Pt]. The number of phenols is 1. The van der Waals surface area contributed by atoms with Gasteiger partial charge in [-0.2, -0.15) is 0 Å². The maximum atomic E-state index is 11.5. The van der Waals surface area contributed by atoms with E-state index >= 15 is 0 Å². The summed E-state index contributed by atoms with van der Waals surface area (Å²) in [6, 6.07) is 43.6. The van der Waals surface area contributed by atoms with Crippen molar-refractivity contribution in [1.82, 2.24) is 14.5 Å². The van der Waals surface area contributed by atoms with E-state index in [9.17, 15) is 5.11 Å². The monoisotopic (exact) mass is 995 g/mol. The summed E-state index contributed by atoms with van der Waals surface area (Å²) < 4.78 is 71.1. The zero-order valence-electron chi connectivity index (χ0n) is 43.4. The molecule has 0 unspecified atom stereocenters. The van der Waals surface area contributed by atoms with Gasteiger partial charge in [-0.3, -0.25) is 9.55 Å². The first-order valence-corrected chi connectivity index (χ1v) is 20.4. The molecule has 0 saturated carbocycles. The van der Waals surface area contributed by atoms with Crippen molar-refractivity contribution in [2.75, 3.05) is 0 Å². The van der Waals surface area contributed by atoms with Crippen LogP contribution in [0.5, 0.6) is 5.75 Å². The van der Waals surface area contributed by atoms with Gasteiger partial charge in [0.05, 0.1) is 29.1 Å². The number of benzene rings is 7. The predicted molar refractivity (Wildman–Crippen MR) is 254 cm³/mol. The number of hydrogen-bond donors (Lipinski definition) is 1. The van der Waals surface area contributed by atoms with Crippen molar-refractivity contribution in [3.05, 3.63) is 193 Å². The van der Waals surface area contributed by atoms with Gasteiger partial charge < -0.3 is 5.11 Å². The van der Waals surface area contributed by atoms with Crippen LogP contribution in [0.1, 0.15) is 69.2 Å². The van der Waals surface area contributed by atoms with E-state index in [1.165, 1.54) is 0 Å². The number of hydrogen-bond acceptors (Lipinski definition) is 3. The van der Waals surface area contributed by atoms with Gasteiger partial charge >= 0.3 is 0 Å². The first-order chi connectivity index (χ1) is 32.6. The first-order valence-electron chi connectivity index (χ1n) is 24.4. The molecule has 0 atom stereocenters. The van der Waals surface area contributed by atoms with Crippen LogP contribution >= 0.6 is 0 Å². The number of imidazole rings is 1. The average molecular weight is 996 g/mol. The fraction of sp³-hybridized carbons (Fsp3) is 0.158. The smallest absolute Gasteiger partial charge is 0.148 e. The van der Waals surface area contributed by atoms with Crippen molar-refractivity contribution < 1.29 is 37.1 Å². The van der Waals surface area contributed by atoms with Crippen LogP contribution in [0.3, 0.4) is 0 Å². The Morgan fingerprint density at radius 1 is 0.629 bits per heavy atom. The third kappa shape index (κ3) is 8.08. The van der Waals surface area contributed by atoms with Crippen LogP contribution in [-0.4, -0.2) is 19.6 Å². The van der Waals surface area contributed by atoms with E-state index in [0.717, 1.165) is 33.4 Å². The zero-order valence-corrected chi connectivity index (χ0v) is 37.7. The van der Waals surface area contributed by atoms with Crippen LogP contribution in [0.15, 0.2) is 170 Å². The van der Waals surface area contributed by atoms with Gasteiger partial charge in [-0.05, 0) is 98.6 Å². The zero-order chi connectivity index (χ0) is 49.3. The van der Waals surface area contributed by atoms with E-state index in [2.05, 4.69) is 84.0 Å². The van der Waals surface area contributed by atoms with Crippen LogP contribution in [0.2, 0.25) is 0 Å². The summed E-state index contributed by atoms with van der Waals surface area (Å²) in [6.07, 6.45) is 1.56. The summed E-state index contributed by atoms with van der Waals surface area (Å²) in [7, 11) is 0. The third-order valence-electron chi connectivity index (χ3n) is 11.2. The van der Waals surface area contributed by atoms with E-state index in [0.29, 0.717) is 56.1 Å². The molecule has 2 heterocycles. The molecule has 0 fully saturated rings. The van der Waals surface area contributed by atoms with E-state index in [-0.39, 0.29) is 60.9 Å². The minimum absolute atomic E-state index is 0. The Bertz CT molecular complexity index is 3450. The molecule has 4 nitrogen and oxygen atoms in total. The number of rotatable bonds is 7. The minimum atomic E-state index is -2.58. The Hall–Kier alpha value is -6.35. The summed E-state index contributed by atoms with van der Waals surface area (Å²) >= 11 is 0. The second-order valence-electron chi connectivity index (χ2n) is 17.4. The Morgan fingerprint density at radius 2 is 1.34 bits per heavy atom. The number of pyridine rings is 1. The van der Waals surface area contributed by atoms with Gasteiger partial charge in [-0.25, -0.2) is 4.98 Å². The van der Waals surface area contributed by atoms with E-state index in [1.54, 1.807) is 48.7 Å². The molecular weight excluding hydrogens is 938 g/mol. The maximum Gasteiger partial charge on any atom is 0.148 e. The van der Waals surface area contributed by atoms with Crippen molar-refractivity contribution >= 4 is 11.0 Å². The standard InChI is InChI=1S/C57H50N3O.Pt/c1-37-32-41(53-45(39-20-12-9-13-21-39)23-16-25-48(53)57(5,6)7)28-29-50(37)60-51-26-17-24-46(54(51)59-55(60)47-22-14-15-27-52(47)61)42-33-43(35-44(34-42)56(2,3)4)49-36-40(30-31-58-49)38-18-10-8-11-19-38;/h8-32,34-36,61H,1-7H3;/q-1;/i1D3,8D,10D,11D,18D,19D;. The van der Waals surface area contributed by atoms with E-state index < -0.39 is 25.0 Å². The van der Waals surface area contributed by atoms with Gasteiger partial charge in [-0.1, -0.05) is 168 Å². The Kier molecular flexibility index (Phi) is 9.04. The number of nitrogens with zero attached hydrogens (tertiary/aromatic N) is 3. The molecule has 5 heteroatoms. The van der Waals surface area contributed by atoms with Gasteiger partial charge in [0.15, 0.2) is 0 Å². The second kappa shape index (κ2) is 16.8. The number of aromatic nitrogens is 3. The van der Waals surface area contributed by atoms with Gasteiger partial charge in [0.2, 0.25) is 0 Å². The van der Waals surface area contributed by atoms with Gasteiger partial charge in [0.1, 0.15) is 11.6 Å². The fourth-order valence-electron chi connectivity index (χ4n) is 8.05. The average Bonchev–Trinajstić information content (AvgIpc) is 3.71. The van der Waals surface area contributed by atoms with Crippen molar-refractivity contribution in [2.24, 2.45) is 0 Å². The van der Waals surface area contributed by atoms with Crippen molar-refractivity contribution in [3.63, 3.8) is 0 Å². The first kappa shape index (κ1) is 33.3. The fourth-order valence-corrected chi connectivity index (χ4v) is 8.05. The summed E-state index contributed by atoms with van der Waals surface area (Å²) in [6.45, 7) is 10.2. The van der Waals surface area contributed by atoms with E-state index in [4.69, 9.17) is 20.9 Å². The molecule has 9 rings (SSSR count). The number of aryl methyl sites for hydroxylation is 1. The molecule has 62 heavy (non-hydrogen) atoms. The molecule has 0 aliphatic heterocycles. The molecular formula is C57H50N3OPt-. The molecule has 0 spiro atoms. The molecule has 0 aliphatic rings. The predicted octanol–water partition coefficient (Wildman–Crippen LogP) is 14.8. The van der Waals surface area contributed by atoms with Crippen LogP contribution < -0.4 is 0 Å².